The van der Waals surface area contributed by atoms with Gasteiger partial charge in [0.15, 0.2) is 9.48 Å². The minimum atomic E-state index is 0.533. The Balaban J connectivity index is 2.77. The van der Waals surface area contributed by atoms with Gasteiger partial charge in [0.1, 0.15) is 11.6 Å². The van der Waals surface area contributed by atoms with E-state index in [4.69, 9.17) is 5.26 Å². The summed E-state index contributed by atoms with van der Waals surface area (Å²) in [6.07, 6.45) is 1.52. The van der Waals surface area contributed by atoms with Crippen LogP contribution >= 0.6 is 22.6 Å². The molecule has 5 heteroatoms. The third kappa shape index (κ3) is 1.14. The molecule has 0 aromatic carbocycles. The Morgan fingerprint density at radius 2 is 2.42 bits per heavy atom. The van der Waals surface area contributed by atoms with E-state index in [1.54, 1.807) is 6.07 Å². The molecule has 0 bridgehead atoms. The number of aromatic nitrogens is 3. The molecule has 12 heavy (non-hydrogen) atoms. The molecule has 58 valence electrons. The quantitative estimate of drug-likeness (QED) is 0.736. The number of nitrogens with one attached hydrogen (secondary N) is 1. The molecule has 0 amide bonds. The number of hydrogen-bond acceptors (Lipinski definition) is 3. The summed E-state index contributed by atoms with van der Waals surface area (Å²) in [6.45, 7) is 0. The lowest BCUT2D eigenvalue weighted by Gasteiger charge is -1.86. The number of fused-ring (bicyclic) bond motifs is 1. The van der Waals surface area contributed by atoms with Gasteiger partial charge in [-0.25, -0.2) is 9.97 Å². The number of pyridine rings is 1. The zero-order chi connectivity index (χ0) is 8.55. The smallest absolute Gasteiger partial charge is 0.170 e. The molecule has 0 radical (unpaired) electrons. The zero-order valence-corrected chi connectivity index (χ0v) is 8.03. The van der Waals surface area contributed by atoms with Gasteiger partial charge < -0.3 is 4.98 Å². The number of H-pyrrole nitrogens is 1. The molecule has 2 rings (SSSR count). The highest BCUT2D eigenvalue weighted by molar-refractivity contribution is 14.1. The maximum atomic E-state index is 8.57. The lowest BCUT2D eigenvalue weighted by atomic mass is 10.3. The second kappa shape index (κ2) is 2.71. The molecular weight excluding hydrogens is 267 g/mol. The van der Waals surface area contributed by atoms with E-state index >= 15 is 0 Å². The summed E-state index contributed by atoms with van der Waals surface area (Å²) in [5, 5.41) is 8.57. The SMILES string of the molecule is N#Cc1cnc2[nH]c(I)nc2c1. The third-order valence-electron chi connectivity index (χ3n) is 1.44. The number of aromatic amines is 1. The monoisotopic (exact) mass is 270 g/mol. The maximum Gasteiger partial charge on any atom is 0.170 e. The van der Waals surface area contributed by atoms with E-state index in [-0.39, 0.29) is 0 Å². The van der Waals surface area contributed by atoms with Crippen molar-refractivity contribution in [1.82, 2.24) is 15.0 Å². The van der Waals surface area contributed by atoms with Crippen LogP contribution < -0.4 is 0 Å². The second-order valence-corrected chi connectivity index (χ2v) is 3.25. The lowest BCUT2D eigenvalue weighted by molar-refractivity contribution is 1.24. The summed E-state index contributed by atoms with van der Waals surface area (Å²) in [5.41, 5.74) is 1.99. The van der Waals surface area contributed by atoms with Crippen LogP contribution in [0.15, 0.2) is 12.3 Å². The predicted molar refractivity (Wildman–Crippen MR) is 51.3 cm³/mol. The van der Waals surface area contributed by atoms with Crippen molar-refractivity contribution in [3.63, 3.8) is 0 Å². The Labute approximate surface area is 81.8 Å². The number of hydrogen-bond donors (Lipinski definition) is 1. The molecule has 4 nitrogen and oxygen atoms in total. The summed E-state index contributed by atoms with van der Waals surface area (Å²) in [5.74, 6) is 0. The van der Waals surface area contributed by atoms with Gasteiger partial charge in [0.25, 0.3) is 0 Å². The number of rotatable bonds is 0. The molecule has 0 aliphatic rings. The minimum Gasteiger partial charge on any atom is -0.318 e. The maximum absolute atomic E-state index is 8.57. The topological polar surface area (TPSA) is 65.4 Å². The van der Waals surface area contributed by atoms with Crippen molar-refractivity contribution >= 4 is 33.8 Å². The van der Waals surface area contributed by atoms with Crippen molar-refractivity contribution in [2.45, 2.75) is 0 Å². The Kier molecular flexibility index (Phi) is 1.69. The largest absolute Gasteiger partial charge is 0.318 e. The summed E-state index contributed by atoms with van der Waals surface area (Å²) < 4.78 is 0.783. The van der Waals surface area contributed by atoms with E-state index in [0.717, 1.165) is 15.0 Å². The summed E-state index contributed by atoms with van der Waals surface area (Å²) >= 11 is 2.07. The lowest BCUT2D eigenvalue weighted by Crippen LogP contribution is -1.79. The normalized spacial score (nSPS) is 10.0. The second-order valence-electron chi connectivity index (χ2n) is 2.23. The van der Waals surface area contributed by atoms with Crippen LogP contribution in [0.4, 0.5) is 0 Å². The summed E-state index contributed by atoms with van der Waals surface area (Å²) in [6, 6.07) is 3.72. The van der Waals surface area contributed by atoms with Gasteiger partial charge in [-0.05, 0) is 28.7 Å². The first kappa shape index (κ1) is 7.49. The van der Waals surface area contributed by atoms with Crippen molar-refractivity contribution in [3.05, 3.63) is 21.7 Å². The number of nitriles is 1. The first-order valence-electron chi connectivity index (χ1n) is 3.21. The van der Waals surface area contributed by atoms with E-state index < -0.39 is 0 Å². The molecule has 2 aromatic rings. The molecule has 0 unspecified atom stereocenters. The van der Waals surface area contributed by atoms with E-state index in [0.29, 0.717) is 5.56 Å². The van der Waals surface area contributed by atoms with Gasteiger partial charge in [-0.1, -0.05) is 0 Å². The van der Waals surface area contributed by atoms with Crippen LogP contribution in [0, 0.1) is 15.2 Å². The van der Waals surface area contributed by atoms with Gasteiger partial charge >= 0.3 is 0 Å². The Bertz CT molecular complexity index is 468. The fraction of sp³-hybridized carbons (Fsp3) is 0. The molecule has 0 fully saturated rings. The van der Waals surface area contributed by atoms with Gasteiger partial charge in [-0.15, -0.1) is 0 Å². The molecule has 2 aromatic heterocycles. The van der Waals surface area contributed by atoms with Gasteiger partial charge in [0, 0.05) is 6.20 Å². The number of halogens is 1. The van der Waals surface area contributed by atoms with Crippen molar-refractivity contribution in [1.29, 1.82) is 5.26 Å². The number of imidazole rings is 1. The number of nitrogens with zero attached hydrogens (tertiary/aromatic N) is 3. The average Bonchev–Trinajstić information content (AvgIpc) is 2.43. The van der Waals surface area contributed by atoms with Crippen molar-refractivity contribution in [3.8, 4) is 6.07 Å². The molecule has 0 aliphatic heterocycles. The molecule has 0 aliphatic carbocycles. The molecule has 2 heterocycles. The van der Waals surface area contributed by atoms with Gasteiger partial charge in [0.2, 0.25) is 0 Å². The molecule has 0 saturated heterocycles. The minimum absolute atomic E-state index is 0.533. The van der Waals surface area contributed by atoms with Gasteiger partial charge in [0.05, 0.1) is 5.56 Å². The zero-order valence-electron chi connectivity index (χ0n) is 5.87. The van der Waals surface area contributed by atoms with E-state index in [1.165, 1.54) is 6.20 Å². The highest BCUT2D eigenvalue weighted by atomic mass is 127. The first-order chi connectivity index (χ1) is 5.79. The molecule has 0 saturated carbocycles. The molecule has 1 N–H and O–H groups in total. The van der Waals surface area contributed by atoms with E-state index in [1.807, 2.05) is 6.07 Å². The third-order valence-corrected chi connectivity index (χ3v) is 1.95. The van der Waals surface area contributed by atoms with Crippen LogP contribution in [0.2, 0.25) is 0 Å². The molecule has 0 atom stereocenters. The van der Waals surface area contributed by atoms with Gasteiger partial charge in [-0.2, -0.15) is 5.26 Å². The van der Waals surface area contributed by atoms with E-state index in [2.05, 4.69) is 37.5 Å². The first-order valence-corrected chi connectivity index (χ1v) is 4.29. The molecule has 0 spiro atoms. The van der Waals surface area contributed by atoms with E-state index in [9.17, 15) is 0 Å². The van der Waals surface area contributed by atoms with Gasteiger partial charge in [-0.3, -0.25) is 0 Å². The van der Waals surface area contributed by atoms with Crippen molar-refractivity contribution in [2.24, 2.45) is 0 Å². The fourth-order valence-corrected chi connectivity index (χ4v) is 1.44. The highest BCUT2D eigenvalue weighted by Crippen LogP contribution is 2.10. The van der Waals surface area contributed by atoms with Crippen LogP contribution in [0.3, 0.4) is 0 Å². The average molecular weight is 270 g/mol. The fourth-order valence-electron chi connectivity index (χ4n) is 0.927. The Morgan fingerprint density at radius 3 is 3.17 bits per heavy atom. The standard InChI is InChI=1S/C7H3IN4/c8-7-11-5-1-4(2-9)3-10-6(5)12-7/h1,3H,(H,10,11,12). The summed E-state index contributed by atoms with van der Waals surface area (Å²) in [4.78, 5) is 11.1. The van der Waals surface area contributed by atoms with Crippen LogP contribution in [0.25, 0.3) is 11.2 Å². The van der Waals surface area contributed by atoms with Crippen LogP contribution in [0.1, 0.15) is 5.56 Å². The van der Waals surface area contributed by atoms with Crippen LogP contribution in [0.5, 0.6) is 0 Å². The van der Waals surface area contributed by atoms with Crippen molar-refractivity contribution in [2.75, 3.05) is 0 Å². The summed E-state index contributed by atoms with van der Waals surface area (Å²) in [7, 11) is 0. The Hall–Kier alpha value is -1.16. The molecular formula is C7H3IN4. The van der Waals surface area contributed by atoms with Crippen LogP contribution in [-0.2, 0) is 0 Å². The predicted octanol–water partition coefficient (Wildman–Crippen LogP) is 1.43. The van der Waals surface area contributed by atoms with Crippen molar-refractivity contribution < 1.29 is 0 Å². The Morgan fingerprint density at radius 1 is 1.58 bits per heavy atom. The highest BCUT2D eigenvalue weighted by Gasteiger charge is 2.01. The van der Waals surface area contributed by atoms with Crippen LogP contribution in [-0.4, -0.2) is 15.0 Å².